The van der Waals surface area contributed by atoms with Crippen molar-refractivity contribution in [2.75, 3.05) is 6.61 Å². The third kappa shape index (κ3) is 4.51. The maximum atomic E-state index is 13.6. The Morgan fingerprint density at radius 2 is 1.97 bits per heavy atom. The van der Waals surface area contributed by atoms with Gasteiger partial charge < -0.3 is 4.74 Å². The number of nitrogens with one attached hydrogen (secondary N) is 1. The van der Waals surface area contributed by atoms with E-state index in [1.54, 1.807) is 24.3 Å². The van der Waals surface area contributed by atoms with Crippen molar-refractivity contribution in [2.45, 2.75) is 69.1 Å². The van der Waals surface area contributed by atoms with Gasteiger partial charge in [0.15, 0.2) is 0 Å². The summed E-state index contributed by atoms with van der Waals surface area (Å²) < 4.78 is 35.1. The van der Waals surface area contributed by atoms with Crippen molar-refractivity contribution >= 4 is 26.8 Å². The molecule has 0 radical (unpaired) electrons. The van der Waals surface area contributed by atoms with E-state index in [0.717, 1.165) is 24.1 Å². The fourth-order valence-electron chi connectivity index (χ4n) is 4.62. The van der Waals surface area contributed by atoms with E-state index in [0.29, 0.717) is 53.6 Å². The zero-order chi connectivity index (χ0) is 24.8. The number of sulfonamides is 1. The number of amides is 1. The number of benzene rings is 1. The molecule has 2 aliphatic carbocycles. The molecule has 2 aliphatic rings. The Morgan fingerprint density at radius 3 is 2.63 bits per heavy atom. The molecule has 2 aromatic heterocycles. The topological polar surface area (TPSA) is 98.2 Å². The van der Waals surface area contributed by atoms with Gasteiger partial charge in [-0.15, -0.1) is 0 Å². The lowest BCUT2D eigenvalue weighted by molar-refractivity contribution is -0.121. The molecule has 0 spiro atoms. The number of aromatic nitrogens is 2. The maximum Gasteiger partial charge on any atom is 0.264 e. The minimum Gasteiger partial charge on any atom is -0.477 e. The Bertz CT molecular complexity index is 1390. The molecule has 1 aromatic carbocycles. The van der Waals surface area contributed by atoms with Gasteiger partial charge in [0.05, 0.1) is 22.4 Å². The third-order valence-corrected chi connectivity index (χ3v) is 8.44. The van der Waals surface area contributed by atoms with Gasteiger partial charge in [-0.2, -0.15) is 0 Å². The number of pyridine rings is 2. The lowest BCUT2D eigenvalue weighted by Crippen LogP contribution is -2.39. The zero-order valence-electron chi connectivity index (χ0n) is 20.4. The quantitative estimate of drug-likeness (QED) is 0.485. The van der Waals surface area contributed by atoms with E-state index in [2.05, 4.69) is 28.5 Å². The fourth-order valence-corrected chi connectivity index (χ4v) is 5.89. The van der Waals surface area contributed by atoms with Gasteiger partial charge in [0.2, 0.25) is 11.8 Å². The van der Waals surface area contributed by atoms with E-state index in [1.165, 1.54) is 12.5 Å². The Labute approximate surface area is 206 Å². The van der Waals surface area contributed by atoms with E-state index in [9.17, 15) is 13.2 Å². The summed E-state index contributed by atoms with van der Waals surface area (Å²) in [5, 5.41) is 0.484. The Balaban J connectivity index is 1.48. The smallest absolute Gasteiger partial charge is 0.264 e. The summed E-state index contributed by atoms with van der Waals surface area (Å²) in [6.45, 7) is 6.43. The fraction of sp³-hybridized carbons (Fsp3) is 0.444. The average Bonchev–Trinajstić information content (AvgIpc) is 3.58. The van der Waals surface area contributed by atoms with Crippen LogP contribution in [-0.4, -0.2) is 30.9 Å². The highest BCUT2D eigenvalue weighted by atomic mass is 32.2. The summed E-state index contributed by atoms with van der Waals surface area (Å²) in [6, 6.07) is 10.4. The monoisotopic (exact) mass is 493 g/mol. The SMILES string of the molecule is Cc1ccc2c(S(=O)(=O)NC(=O)C3(c4cc(C5CCC5)cnc4OCC(C)C)CC3)cccc2n1. The second kappa shape index (κ2) is 8.90. The Hall–Kier alpha value is -3.00. The van der Waals surface area contributed by atoms with Gasteiger partial charge >= 0.3 is 0 Å². The van der Waals surface area contributed by atoms with E-state index in [-0.39, 0.29) is 4.90 Å². The van der Waals surface area contributed by atoms with Gasteiger partial charge in [-0.25, -0.2) is 18.1 Å². The van der Waals surface area contributed by atoms with Gasteiger partial charge in [-0.1, -0.05) is 26.3 Å². The average molecular weight is 494 g/mol. The van der Waals surface area contributed by atoms with E-state index in [1.807, 2.05) is 19.2 Å². The van der Waals surface area contributed by atoms with Crippen molar-refractivity contribution in [3.63, 3.8) is 0 Å². The van der Waals surface area contributed by atoms with Crippen LogP contribution >= 0.6 is 0 Å². The van der Waals surface area contributed by atoms with Gasteiger partial charge in [-0.3, -0.25) is 9.78 Å². The van der Waals surface area contributed by atoms with Crippen LogP contribution in [-0.2, 0) is 20.2 Å². The molecular formula is C27H31N3O4S. The van der Waals surface area contributed by atoms with Crippen molar-refractivity contribution in [3.05, 3.63) is 59.4 Å². The van der Waals surface area contributed by atoms with E-state index >= 15 is 0 Å². The van der Waals surface area contributed by atoms with Crippen molar-refractivity contribution in [1.29, 1.82) is 0 Å². The second-order valence-corrected chi connectivity index (χ2v) is 11.9. The molecule has 2 heterocycles. The Morgan fingerprint density at radius 1 is 1.20 bits per heavy atom. The molecule has 0 bridgehead atoms. The predicted octanol–water partition coefficient (Wildman–Crippen LogP) is 4.78. The first-order chi connectivity index (χ1) is 16.7. The molecule has 0 aliphatic heterocycles. The van der Waals surface area contributed by atoms with Gasteiger partial charge in [0, 0.05) is 22.8 Å². The Kier molecular flexibility index (Phi) is 6.03. The van der Waals surface area contributed by atoms with E-state index < -0.39 is 21.3 Å². The molecule has 7 nitrogen and oxygen atoms in total. The molecule has 2 saturated carbocycles. The molecule has 8 heteroatoms. The van der Waals surface area contributed by atoms with Crippen LogP contribution < -0.4 is 9.46 Å². The number of nitrogens with zero attached hydrogens (tertiary/aromatic N) is 2. The highest BCUT2D eigenvalue weighted by Gasteiger charge is 2.54. The van der Waals surface area contributed by atoms with Crippen molar-refractivity contribution in [3.8, 4) is 5.88 Å². The van der Waals surface area contributed by atoms with Crippen LogP contribution in [0.25, 0.3) is 10.9 Å². The normalized spacial score (nSPS) is 17.3. The number of rotatable bonds is 8. The van der Waals surface area contributed by atoms with Crippen LogP contribution in [0.15, 0.2) is 47.5 Å². The number of carbonyl (C=O) groups is 1. The molecule has 0 unspecified atom stereocenters. The summed E-state index contributed by atoms with van der Waals surface area (Å²) in [6.07, 6.45) is 6.36. The van der Waals surface area contributed by atoms with Crippen molar-refractivity contribution in [1.82, 2.24) is 14.7 Å². The first-order valence-electron chi connectivity index (χ1n) is 12.3. The van der Waals surface area contributed by atoms with Gasteiger partial charge in [-0.05, 0) is 80.3 Å². The first-order valence-corrected chi connectivity index (χ1v) is 13.7. The minimum absolute atomic E-state index is 0.0456. The third-order valence-electron chi connectivity index (χ3n) is 7.05. The summed E-state index contributed by atoms with van der Waals surface area (Å²) in [7, 11) is -4.11. The molecule has 2 fully saturated rings. The molecule has 184 valence electrons. The van der Waals surface area contributed by atoms with Crippen LogP contribution in [0.4, 0.5) is 0 Å². The molecule has 35 heavy (non-hydrogen) atoms. The molecule has 1 amide bonds. The standard InChI is InChI=1S/C27H31N3O4S/c1-17(2)16-34-25-22(14-20(15-28-25)19-6-4-7-19)27(12-13-27)26(31)30-35(32,33)24-9-5-8-23-21(24)11-10-18(3)29-23/h5,8-11,14-15,17,19H,4,6-7,12-13,16H2,1-3H3,(H,30,31). The summed E-state index contributed by atoms with van der Waals surface area (Å²) in [5.41, 5.74) is 2.21. The molecular weight excluding hydrogens is 462 g/mol. The van der Waals surface area contributed by atoms with Gasteiger partial charge in [0.1, 0.15) is 0 Å². The zero-order valence-corrected chi connectivity index (χ0v) is 21.2. The lowest BCUT2D eigenvalue weighted by Gasteiger charge is -2.27. The van der Waals surface area contributed by atoms with Crippen LogP contribution in [0, 0.1) is 12.8 Å². The van der Waals surface area contributed by atoms with Crippen LogP contribution in [0.2, 0.25) is 0 Å². The van der Waals surface area contributed by atoms with Crippen LogP contribution in [0.3, 0.4) is 0 Å². The number of ether oxygens (including phenoxy) is 1. The summed E-state index contributed by atoms with van der Waals surface area (Å²) >= 11 is 0. The maximum absolute atomic E-state index is 13.6. The van der Waals surface area contributed by atoms with E-state index in [4.69, 9.17) is 4.74 Å². The van der Waals surface area contributed by atoms with Gasteiger partial charge in [0.25, 0.3) is 10.0 Å². The number of fused-ring (bicyclic) bond motifs is 1. The molecule has 0 atom stereocenters. The predicted molar refractivity (Wildman–Crippen MR) is 134 cm³/mol. The minimum atomic E-state index is -4.11. The lowest BCUT2D eigenvalue weighted by atomic mass is 9.79. The molecule has 5 rings (SSSR count). The van der Waals surface area contributed by atoms with Crippen molar-refractivity contribution in [2.24, 2.45) is 5.92 Å². The largest absolute Gasteiger partial charge is 0.477 e. The van der Waals surface area contributed by atoms with Crippen LogP contribution in [0.5, 0.6) is 5.88 Å². The number of hydrogen-bond donors (Lipinski definition) is 1. The molecule has 0 saturated heterocycles. The number of carbonyl (C=O) groups excluding carboxylic acids is 1. The molecule has 3 aromatic rings. The number of aryl methyl sites for hydroxylation is 1. The summed E-state index contributed by atoms with van der Waals surface area (Å²) in [5.74, 6) is 0.631. The molecule has 1 N–H and O–H groups in total. The second-order valence-electron chi connectivity index (χ2n) is 10.2. The number of hydrogen-bond acceptors (Lipinski definition) is 6. The van der Waals surface area contributed by atoms with Crippen molar-refractivity contribution < 1.29 is 17.9 Å². The summed E-state index contributed by atoms with van der Waals surface area (Å²) in [4.78, 5) is 22.6. The highest BCUT2D eigenvalue weighted by molar-refractivity contribution is 7.90. The first kappa shape index (κ1) is 23.7. The van der Waals surface area contributed by atoms with Crippen LogP contribution in [0.1, 0.15) is 68.7 Å². The highest BCUT2D eigenvalue weighted by Crippen LogP contribution is 2.52.